The van der Waals surface area contributed by atoms with E-state index < -0.39 is 22.5 Å². The number of halogens is 1. The molecule has 0 saturated carbocycles. The number of H-pyrrole nitrogens is 1. The minimum Gasteiger partial charge on any atom is -0.493 e. The number of aromatic hydroxyl groups is 1. The second-order valence-electron chi connectivity index (χ2n) is 6.38. The third-order valence-electron chi connectivity index (χ3n) is 4.35. The SMILES string of the molecule is O=C(CN(c1ccc(Cl)cc1)S(=O)(=O)c1cccs1)N=Nc1c(O)[nH]c2ccccc12. The molecule has 0 radical (unpaired) electrons. The molecule has 2 aromatic heterocycles. The molecule has 0 aliphatic rings. The molecule has 0 unspecified atom stereocenters. The van der Waals surface area contributed by atoms with Gasteiger partial charge in [0.1, 0.15) is 10.8 Å². The molecule has 4 aromatic rings. The second kappa shape index (κ2) is 8.50. The normalized spacial score (nSPS) is 11.9. The van der Waals surface area contributed by atoms with E-state index >= 15 is 0 Å². The molecule has 0 saturated heterocycles. The maximum Gasteiger partial charge on any atom is 0.285 e. The molecule has 4 rings (SSSR count). The zero-order chi connectivity index (χ0) is 22.0. The van der Waals surface area contributed by atoms with Crippen molar-refractivity contribution in [1.29, 1.82) is 0 Å². The molecule has 0 aliphatic heterocycles. The van der Waals surface area contributed by atoms with Gasteiger partial charge in [-0.15, -0.1) is 21.6 Å². The average molecular weight is 475 g/mol. The highest BCUT2D eigenvalue weighted by Gasteiger charge is 2.28. The zero-order valence-corrected chi connectivity index (χ0v) is 18.2. The molecule has 2 N–H and O–H groups in total. The quantitative estimate of drug-likeness (QED) is 0.378. The molecule has 0 aliphatic carbocycles. The summed E-state index contributed by atoms with van der Waals surface area (Å²) in [5, 5.41) is 20.2. The topological polar surface area (TPSA) is 115 Å². The number of nitrogens with zero attached hydrogens (tertiary/aromatic N) is 3. The van der Waals surface area contributed by atoms with Crippen molar-refractivity contribution in [2.24, 2.45) is 10.2 Å². The number of para-hydroxylation sites is 1. The van der Waals surface area contributed by atoms with E-state index in [-0.39, 0.29) is 21.5 Å². The molecule has 0 spiro atoms. The molecule has 0 atom stereocenters. The Balaban J connectivity index is 1.65. The fourth-order valence-corrected chi connectivity index (χ4v) is 5.56. The number of hydrogen-bond acceptors (Lipinski definition) is 6. The lowest BCUT2D eigenvalue weighted by Crippen LogP contribution is -2.34. The molecule has 11 heteroatoms. The number of thiophene rings is 1. The lowest BCUT2D eigenvalue weighted by Gasteiger charge is -2.22. The number of carbonyl (C=O) groups is 1. The van der Waals surface area contributed by atoms with Gasteiger partial charge in [0.2, 0.25) is 5.88 Å². The van der Waals surface area contributed by atoms with Crippen molar-refractivity contribution in [1.82, 2.24) is 4.98 Å². The van der Waals surface area contributed by atoms with Gasteiger partial charge in [-0.2, -0.15) is 0 Å². The molecule has 8 nitrogen and oxygen atoms in total. The number of aromatic amines is 1. The van der Waals surface area contributed by atoms with Crippen LogP contribution in [0.4, 0.5) is 11.4 Å². The van der Waals surface area contributed by atoms with Crippen molar-refractivity contribution in [3.8, 4) is 5.88 Å². The fraction of sp³-hybridized carbons (Fsp3) is 0.0500. The van der Waals surface area contributed by atoms with E-state index in [2.05, 4.69) is 15.2 Å². The standard InChI is InChI=1S/C20H15ClN4O4S2/c21-13-7-9-14(10-8-13)25(31(28,29)18-6-3-11-30-18)12-17(26)23-24-19-15-4-1-2-5-16(15)22-20(19)27/h1-11,22,27H,12H2. The summed E-state index contributed by atoms with van der Waals surface area (Å²) >= 11 is 6.95. The first-order valence-electron chi connectivity index (χ1n) is 8.92. The molecule has 31 heavy (non-hydrogen) atoms. The first kappa shape index (κ1) is 21.0. The van der Waals surface area contributed by atoms with Crippen LogP contribution in [0.25, 0.3) is 10.9 Å². The number of amides is 1. The predicted octanol–water partition coefficient (Wildman–Crippen LogP) is 5.09. The largest absolute Gasteiger partial charge is 0.493 e. The van der Waals surface area contributed by atoms with Crippen molar-refractivity contribution in [2.45, 2.75) is 4.21 Å². The molecule has 0 fully saturated rings. The summed E-state index contributed by atoms with van der Waals surface area (Å²) in [6, 6.07) is 16.1. The molecular formula is C20H15ClN4O4S2. The number of azo groups is 1. The van der Waals surface area contributed by atoms with Crippen molar-refractivity contribution < 1.29 is 18.3 Å². The van der Waals surface area contributed by atoms with Gasteiger partial charge < -0.3 is 10.1 Å². The molecule has 0 bridgehead atoms. The van der Waals surface area contributed by atoms with Crippen LogP contribution < -0.4 is 4.31 Å². The summed E-state index contributed by atoms with van der Waals surface area (Å²) in [6.45, 7) is -0.575. The minimum absolute atomic E-state index is 0.0847. The number of nitrogens with one attached hydrogen (secondary N) is 1. The van der Waals surface area contributed by atoms with Crippen molar-refractivity contribution >= 4 is 61.1 Å². The van der Waals surface area contributed by atoms with Crippen molar-refractivity contribution in [3.05, 3.63) is 71.1 Å². The molecule has 158 valence electrons. The Morgan fingerprint density at radius 3 is 2.55 bits per heavy atom. The van der Waals surface area contributed by atoms with Crippen LogP contribution in [-0.4, -0.2) is 31.0 Å². The second-order valence-corrected chi connectivity index (χ2v) is 9.86. The first-order chi connectivity index (χ1) is 14.9. The third-order valence-corrected chi connectivity index (χ3v) is 7.75. The van der Waals surface area contributed by atoms with E-state index in [1.807, 2.05) is 0 Å². The maximum absolute atomic E-state index is 13.1. The van der Waals surface area contributed by atoms with Gasteiger partial charge in [-0.25, -0.2) is 8.42 Å². The minimum atomic E-state index is -4.00. The van der Waals surface area contributed by atoms with E-state index in [1.165, 1.54) is 30.3 Å². The summed E-state index contributed by atoms with van der Waals surface area (Å²) in [5.41, 5.74) is 0.990. The summed E-state index contributed by atoms with van der Waals surface area (Å²) in [7, 11) is -4.00. The van der Waals surface area contributed by atoms with Crippen LogP contribution in [0.15, 0.2) is 80.5 Å². The number of aromatic nitrogens is 1. The molecule has 2 aromatic carbocycles. The molecular weight excluding hydrogens is 460 g/mol. The highest BCUT2D eigenvalue weighted by atomic mass is 35.5. The number of anilines is 1. The lowest BCUT2D eigenvalue weighted by molar-refractivity contribution is -0.116. The van der Waals surface area contributed by atoms with Gasteiger partial charge in [0.15, 0.2) is 5.69 Å². The Morgan fingerprint density at radius 1 is 1.10 bits per heavy atom. The smallest absolute Gasteiger partial charge is 0.285 e. The Bertz CT molecular complexity index is 1360. The van der Waals surface area contributed by atoms with E-state index in [4.69, 9.17) is 11.6 Å². The van der Waals surface area contributed by atoms with Gasteiger partial charge >= 0.3 is 0 Å². The highest BCUT2D eigenvalue weighted by molar-refractivity contribution is 7.94. The average Bonchev–Trinajstić information content (AvgIpc) is 3.39. The van der Waals surface area contributed by atoms with Crippen LogP contribution in [0.2, 0.25) is 5.02 Å². The summed E-state index contributed by atoms with van der Waals surface area (Å²) in [5.74, 6) is -1.04. The van der Waals surface area contributed by atoms with E-state index in [1.54, 1.807) is 35.7 Å². The monoisotopic (exact) mass is 474 g/mol. The predicted molar refractivity (Wildman–Crippen MR) is 120 cm³/mol. The van der Waals surface area contributed by atoms with Gasteiger partial charge in [0.25, 0.3) is 15.9 Å². The number of fused-ring (bicyclic) bond motifs is 1. The van der Waals surface area contributed by atoms with Crippen LogP contribution in [0, 0.1) is 0 Å². The van der Waals surface area contributed by atoms with Gasteiger partial charge in [-0.3, -0.25) is 9.10 Å². The Hall–Kier alpha value is -3.21. The van der Waals surface area contributed by atoms with Gasteiger partial charge in [0.05, 0.1) is 11.2 Å². The maximum atomic E-state index is 13.1. The Morgan fingerprint density at radius 2 is 1.84 bits per heavy atom. The number of rotatable bonds is 6. The van der Waals surface area contributed by atoms with Gasteiger partial charge in [0, 0.05) is 10.4 Å². The highest BCUT2D eigenvalue weighted by Crippen LogP contribution is 2.35. The zero-order valence-electron chi connectivity index (χ0n) is 15.8. The van der Waals surface area contributed by atoms with E-state index in [0.29, 0.717) is 15.9 Å². The number of hydrogen-bond donors (Lipinski definition) is 2. The van der Waals surface area contributed by atoms with Crippen molar-refractivity contribution in [2.75, 3.05) is 10.8 Å². The summed E-state index contributed by atoms with van der Waals surface area (Å²) in [6.07, 6.45) is 0. The number of sulfonamides is 1. The van der Waals surface area contributed by atoms with Gasteiger partial charge in [-0.05, 0) is 41.8 Å². The number of benzene rings is 2. The van der Waals surface area contributed by atoms with E-state index in [0.717, 1.165) is 15.6 Å². The van der Waals surface area contributed by atoms with E-state index in [9.17, 15) is 18.3 Å². The molecule has 1 amide bonds. The van der Waals surface area contributed by atoms with Crippen LogP contribution in [0.1, 0.15) is 0 Å². The fourth-order valence-electron chi connectivity index (χ4n) is 2.92. The summed E-state index contributed by atoms with van der Waals surface area (Å²) < 4.78 is 27.3. The third kappa shape index (κ3) is 4.31. The van der Waals surface area contributed by atoms with Crippen LogP contribution in [-0.2, 0) is 14.8 Å². The van der Waals surface area contributed by atoms with Crippen LogP contribution in [0.5, 0.6) is 5.88 Å². The molecule has 2 heterocycles. The van der Waals surface area contributed by atoms with Crippen LogP contribution in [0.3, 0.4) is 0 Å². The Kier molecular flexibility index (Phi) is 5.77. The van der Waals surface area contributed by atoms with Crippen molar-refractivity contribution in [3.63, 3.8) is 0 Å². The van der Waals surface area contributed by atoms with Gasteiger partial charge in [-0.1, -0.05) is 35.9 Å². The first-order valence-corrected chi connectivity index (χ1v) is 11.6. The number of carbonyl (C=O) groups excluding carboxylic acids is 1. The summed E-state index contributed by atoms with van der Waals surface area (Å²) in [4.78, 5) is 15.3. The Labute approximate surface area is 186 Å². The lowest BCUT2D eigenvalue weighted by atomic mass is 10.2. The van der Waals surface area contributed by atoms with Crippen LogP contribution >= 0.6 is 22.9 Å².